The van der Waals surface area contributed by atoms with Crippen LogP contribution in [-0.2, 0) is 16.6 Å². The molecule has 0 amide bonds. The molecule has 6 rings (SSSR count). The Morgan fingerprint density at radius 1 is 1.00 bits per heavy atom. The van der Waals surface area contributed by atoms with Gasteiger partial charge in [-0.15, -0.1) is 10.2 Å². The first kappa shape index (κ1) is 28.0. The van der Waals surface area contributed by atoms with E-state index in [1.165, 1.54) is 0 Å². The number of piperazine rings is 1. The maximum Gasteiger partial charge on any atom is 0.273 e. The van der Waals surface area contributed by atoms with Crippen molar-refractivity contribution in [2.45, 2.75) is 38.6 Å². The van der Waals surface area contributed by atoms with E-state index in [0.29, 0.717) is 33.3 Å². The third-order valence-corrected chi connectivity index (χ3v) is 9.14. The molecule has 0 aliphatic carbocycles. The fourth-order valence-corrected chi connectivity index (χ4v) is 6.27. The smallest absolute Gasteiger partial charge is 0.273 e. The summed E-state index contributed by atoms with van der Waals surface area (Å²) in [6.45, 7) is 7.15. The number of pyridine rings is 1. The molecule has 0 radical (unpaired) electrons. The molecule has 4 aromatic heterocycles. The molecule has 16 heteroatoms. The summed E-state index contributed by atoms with van der Waals surface area (Å²) >= 11 is 0. The van der Waals surface area contributed by atoms with E-state index in [1.807, 2.05) is 18.5 Å². The van der Waals surface area contributed by atoms with Gasteiger partial charge in [0, 0.05) is 44.8 Å². The van der Waals surface area contributed by atoms with Crippen molar-refractivity contribution in [2.24, 2.45) is 0 Å². The Morgan fingerprint density at radius 3 is 2.62 bits per heavy atom. The van der Waals surface area contributed by atoms with Gasteiger partial charge in [-0.2, -0.15) is 5.10 Å². The highest BCUT2D eigenvalue weighted by molar-refractivity contribution is 7.89. The van der Waals surface area contributed by atoms with Gasteiger partial charge in [0.25, 0.3) is 10.0 Å². The predicted molar refractivity (Wildman–Crippen MR) is 158 cm³/mol. The summed E-state index contributed by atoms with van der Waals surface area (Å²) in [5.41, 5.74) is 4.36. The van der Waals surface area contributed by atoms with Crippen LogP contribution in [0, 0.1) is 0 Å². The van der Waals surface area contributed by atoms with Crippen molar-refractivity contribution in [3.05, 3.63) is 42.7 Å². The minimum absolute atomic E-state index is 0.0986. The number of aromatic nitrogens is 9. The van der Waals surface area contributed by atoms with Crippen LogP contribution in [0.2, 0.25) is 0 Å². The van der Waals surface area contributed by atoms with Crippen molar-refractivity contribution in [2.75, 3.05) is 61.1 Å². The van der Waals surface area contributed by atoms with Gasteiger partial charge in [-0.05, 0) is 47.4 Å². The topological polar surface area (TPSA) is 165 Å². The molecule has 0 aromatic carbocycles. The fourth-order valence-electron chi connectivity index (χ4n) is 5.41. The van der Waals surface area contributed by atoms with Crippen LogP contribution in [0.3, 0.4) is 0 Å². The van der Waals surface area contributed by atoms with Crippen molar-refractivity contribution >= 4 is 33.2 Å². The summed E-state index contributed by atoms with van der Waals surface area (Å²) in [4.78, 5) is 18.7. The van der Waals surface area contributed by atoms with Crippen LogP contribution in [0.25, 0.3) is 11.3 Å². The summed E-state index contributed by atoms with van der Waals surface area (Å²) in [5, 5.41) is 21.8. The lowest BCUT2D eigenvalue weighted by molar-refractivity contribution is 0.313. The van der Waals surface area contributed by atoms with Gasteiger partial charge in [-0.1, -0.05) is 13.3 Å². The molecule has 15 nitrogen and oxygen atoms in total. The van der Waals surface area contributed by atoms with Crippen LogP contribution in [-0.4, -0.2) is 103 Å². The second-order valence-electron chi connectivity index (χ2n) is 10.7. The van der Waals surface area contributed by atoms with Crippen molar-refractivity contribution in [3.63, 3.8) is 0 Å². The van der Waals surface area contributed by atoms with Crippen LogP contribution >= 0.6 is 0 Å². The molecule has 1 atom stereocenters. The van der Waals surface area contributed by atoms with Gasteiger partial charge in [-0.3, -0.25) is 4.68 Å². The van der Waals surface area contributed by atoms with Gasteiger partial charge < -0.3 is 20.4 Å². The lowest BCUT2D eigenvalue weighted by atomic mass is 9.97. The molecule has 2 N–H and O–H groups in total. The predicted octanol–water partition coefficient (Wildman–Crippen LogP) is 1.79. The van der Waals surface area contributed by atoms with Crippen LogP contribution in [0.15, 0.2) is 37.1 Å². The monoisotopic (exact) mass is 593 g/mol. The number of nitrogens with zero attached hydrogens (tertiary/aromatic N) is 11. The van der Waals surface area contributed by atoms with E-state index in [-0.39, 0.29) is 12.3 Å². The number of likely N-dealkylation sites (N-methyl/N-ethyl adjacent to an activating group) is 1. The van der Waals surface area contributed by atoms with E-state index in [2.05, 4.69) is 75.6 Å². The van der Waals surface area contributed by atoms with Crippen molar-refractivity contribution < 1.29 is 8.42 Å². The molecule has 6 heterocycles. The zero-order chi connectivity index (χ0) is 29.1. The quantitative estimate of drug-likeness (QED) is 0.289. The molecule has 1 saturated heterocycles. The number of rotatable bonds is 9. The molecule has 0 saturated carbocycles. The Kier molecular flexibility index (Phi) is 7.97. The molecule has 222 valence electrons. The molecular weight excluding hydrogens is 558 g/mol. The number of anilines is 4. The Bertz CT molecular complexity index is 1600. The van der Waals surface area contributed by atoms with Crippen LogP contribution < -0.4 is 15.5 Å². The zero-order valence-electron chi connectivity index (χ0n) is 23.8. The molecule has 4 aromatic rings. The first-order valence-corrected chi connectivity index (χ1v) is 15.8. The summed E-state index contributed by atoms with van der Waals surface area (Å²) in [6.07, 6.45) is 9.73. The number of hydrogen-bond acceptors (Lipinski definition) is 13. The largest absolute Gasteiger partial charge is 0.381 e. The van der Waals surface area contributed by atoms with E-state index in [1.54, 1.807) is 6.20 Å². The number of tetrazole rings is 1. The number of aryl methyl sites for hydroxylation is 1. The number of fused-ring (bicyclic) bond motifs is 1. The summed E-state index contributed by atoms with van der Waals surface area (Å²) in [7, 11) is -1.62. The van der Waals surface area contributed by atoms with Crippen molar-refractivity contribution in [3.8, 4) is 11.3 Å². The average Bonchev–Trinajstić information content (AvgIpc) is 3.65. The minimum atomic E-state index is -3.76. The molecule has 0 bridgehead atoms. The average molecular weight is 594 g/mol. The van der Waals surface area contributed by atoms with E-state index < -0.39 is 10.0 Å². The van der Waals surface area contributed by atoms with E-state index in [0.717, 1.165) is 75.3 Å². The van der Waals surface area contributed by atoms with Gasteiger partial charge in [-0.25, -0.2) is 23.4 Å². The minimum Gasteiger partial charge on any atom is -0.381 e. The maximum atomic E-state index is 12.6. The first-order valence-electron chi connectivity index (χ1n) is 14.2. The van der Waals surface area contributed by atoms with Crippen molar-refractivity contribution in [1.29, 1.82) is 0 Å². The first-order chi connectivity index (χ1) is 20.4. The SMILES string of the molecule is C[C@H]1CCCCn2ncc(-c3nc(Nc4ccc(N5CCN(C)CC5)cn4)ncc3NCCS(=O)(=O)n3ncnn3)c21. The second-order valence-corrected chi connectivity index (χ2v) is 12.6. The van der Waals surface area contributed by atoms with Gasteiger partial charge in [0.05, 0.1) is 41.4 Å². The molecule has 0 spiro atoms. The highest BCUT2D eigenvalue weighted by Crippen LogP contribution is 2.37. The summed E-state index contributed by atoms with van der Waals surface area (Å²) in [5.74, 6) is 1.07. The molecule has 42 heavy (non-hydrogen) atoms. The summed E-state index contributed by atoms with van der Waals surface area (Å²) in [6, 6.07) is 3.99. The van der Waals surface area contributed by atoms with Gasteiger partial charge in [0.2, 0.25) is 5.95 Å². The Hall–Kier alpha value is -4.18. The highest BCUT2D eigenvalue weighted by atomic mass is 32.2. The second kappa shape index (κ2) is 12.0. The molecule has 0 unspecified atom stereocenters. The maximum absolute atomic E-state index is 12.6. The van der Waals surface area contributed by atoms with Crippen LogP contribution in [0.5, 0.6) is 0 Å². The Morgan fingerprint density at radius 2 is 1.86 bits per heavy atom. The lowest BCUT2D eigenvalue weighted by Crippen LogP contribution is -2.44. The van der Waals surface area contributed by atoms with E-state index >= 15 is 0 Å². The number of nitrogens with one attached hydrogen (secondary N) is 2. The molecule has 1 fully saturated rings. The standard InChI is InChI=1S/C26H35N13O2S/c1-19-5-3-4-9-38-25(19)21(16-31-38)24-22(27-8-14-42(40,41)39-32-18-30-35-39)17-29-26(34-24)33-23-7-6-20(15-28-23)37-12-10-36(2)11-13-37/h6-7,15-19,27H,3-5,8-14H2,1-2H3,(H,28,29,33,34)/t19-/m0/s1. The van der Waals surface area contributed by atoms with E-state index in [9.17, 15) is 8.42 Å². The number of hydrogen-bond donors (Lipinski definition) is 2. The summed E-state index contributed by atoms with van der Waals surface area (Å²) < 4.78 is 27.8. The Balaban J connectivity index is 1.25. The van der Waals surface area contributed by atoms with Gasteiger partial charge >= 0.3 is 0 Å². The molecular formula is C26H35N13O2S. The fraction of sp³-hybridized carbons (Fsp3) is 0.500. The van der Waals surface area contributed by atoms with Crippen LogP contribution in [0.1, 0.15) is 37.8 Å². The van der Waals surface area contributed by atoms with Crippen LogP contribution in [0.4, 0.5) is 23.1 Å². The Labute approximate surface area is 244 Å². The third kappa shape index (κ3) is 6.04. The van der Waals surface area contributed by atoms with Gasteiger partial charge in [0.15, 0.2) is 6.33 Å². The lowest BCUT2D eigenvalue weighted by Gasteiger charge is -2.33. The zero-order valence-corrected chi connectivity index (χ0v) is 24.6. The van der Waals surface area contributed by atoms with E-state index in [4.69, 9.17) is 4.98 Å². The normalized spacial score (nSPS) is 18.0. The van der Waals surface area contributed by atoms with Crippen molar-refractivity contribution in [1.82, 2.24) is 49.2 Å². The molecule has 2 aliphatic heterocycles. The molecule has 2 aliphatic rings. The highest BCUT2D eigenvalue weighted by Gasteiger charge is 2.25. The van der Waals surface area contributed by atoms with Gasteiger partial charge in [0.1, 0.15) is 11.5 Å². The third-order valence-electron chi connectivity index (χ3n) is 7.76.